The monoisotopic (exact) mass is 275 g/mol. The van der Waals surface area contributed by atoms with E-state index in [1.807, 2.05) is 0 Å². The molecule has 0 fully saturated rings. The van der Waals surface area contributed by atoms with Gasteiger partial charge in [0.1, 0.15) is 29.7 Å². The van der Waals surface area contributed by atoms with E-state index in [0.717, 1.165) is 11.5 Å². The predicted octanol–water partition coefficient (Wildman–Crippen LogP) is 2.11. The van der Waals surface area contributed by atoms with Gasteiger partial charge in [-0.05, 0) is 0 Å². The summed E-state index contributed by atoms with van der Waals surface area (Å²) in [7, 11) is 4.99. The summed E-state index contributed by atoms with van der Waals surface area (Å²) in [6, 6.07) is 5.37. The summed E-state index contributed by atoms with van der Waals surface area (Å²) in [5.74, 6) is 2.73. The number of anilines is 1. The van der Waals surface area contributed by atoms with E-state index in [0.29, 0.717) is 23.9 Å². The Kier molecular flexibility index (Phi) is 4.60. The van der Waals surface area contributed by atoms with Crippen molar-refractivity contribution in [2.24, 2.45) is 0 Å². The molecule has 0 bridgehead atoms. The number of nitrogens with zero attached hydrogens (tertiary/aromatic N) is 2. The van der Waals surface area contributed by atoms with Gasteiger partial charge in [0.2, 0.25) is 0 Å². The van der Waals surface area contributed by atoms with Crippen LogP contribution in [0.4, 0.5) is 5.82 Å². The second-order valence-corrected chi connectivity index (χ2v) is 3.98. The van der Waals surface area contributed by atoms with Crippen molar-refractivity contribution in [1.82, 2.24) is 9.97 Å². The molecular weight excluding hydrogens is 258 g/mol. The molecule has 0 unspecified atom stereocenters. The lowest BCUT2D eigenvalue weighted by molar-refractivity contribution is 0.295. The molecule has 2 rings (SSSR count). The standard InChI is InChI=1S/C14H17N3O3/c1-15-14-8-16-10(7-17-14)9-20-13-5-11(18-2)4-12(6-13)19-3/h4-8H,9H2,1-3H3,(H,15,17). The van der Waals surface area contributed by atoms with E-state index in [2.05, 4.69) is 15.3 Å². The largest absolute Gasteiger partial charge is 0.496 e. The third kappa shape index (κ3) is 3.50. The second-order valence-electron chi connectivity index (χ2n) is 3.98. The summed E-state index contributed by atoms with van der Waals surface area (Å²) >= 11 is 0. The van der Waals surface area contributed by atoms with Crippen molar-refractivity contribution in [2.75, 3.05) is 26.6 Å². The molecule has 106 valence electrons. The lowest BCUT2D eigenvalue weighted by Gasteiger charge is -2.10. The van der Waals surface area contributed by atoms with Gasteiger partial charge in [-0.2, -0.15) is 0 Å². The topological polar surface area (TPSA) is 65.5 Å². The lowest BCUT2D eigenvalue weighted by Crippen LogP contribution is -2.01. The third-order valence-corrected chi connectivity index (χ3v) is 2.67. The second kappa shape index (κ2) is 6.60. The van der Waals surface area contributed by atoms with Crippen molar-refractivity contribution in [3.05, 3.63) is 36.3 Å². The fourth-order valence-corrected chi connectivity index (χ4v) is 1.58. The fourth-order valence-electron chi connectivity index (χ4n) is 1.58. The molecule has 0 aliphatic heterocycles. The summed E-state index contributed by atoms with van der Waals surface area (Å²) in [4.78, 5) is 8.41. The van der Waals surface area contributed by atoms with Crippen LogP contribution in [0.1, 0.15) is 5.69 Å². The van der Waals surface area contributed by atoms with Gasteiger partial charge in [0, 0.05) is 25.2 Å². The quantitative estimate of drug-likeness (QED) is 0.871. The summed E-state index contributed by atoms with van der Waals surface area (Å²) in [6.07, 6.45) is 3.33. The van der Waals surface area contributed by atoms with Crippen molar-refractivity contribution in [2.45, 2.75) is 6.61 Å². The zero-order chi connectivity index (χ0) is 14.4. The first-order chi connectivity index (χ1) is 9.75. The van der Waals surface area contributed by atoms with Gasteiger partial charge in [-0.25, -0.2) is 4.98 Å². The molecule has 1 heterocycles. The van der Waals surface area contributed by atoms with Crippen molar-refractivity contribution >= 4 is 5.82 Å². The van der Waals surface area contributed by atoms with Crippen LogP contribution >= 0.6 is 0 Å². The molecule has 6 nitrogen and oxygen atoms in total. The lowest BCUT2D eigenvalue weighted by atomic mass is 10.3. The van der Waals surface area contributed by atoms with Gasteiger partial charge in [-0.15, -0.1) is 0 Å². The number of methoxy groups -OCH3 is 2. The zero-order valence-electron chi connectivity index (χ0n) is 11.7. The van der Waals surface area contributed by atoms with Crippen LogP contribution in [0.2, 0.25) is 0 Å². The van der Waals surface area contributed by atoms with Gasteiger partial charge in [-0.3, -0.25) is 4.98 Å². The predicted molar refractivity (Wildman–Crippen MR) is 75.5 cm³/mol. The molecule has 1 aromatic carbocycles. The number of rotatable bonds is 6. The number of hydrogen-bond acceptors (Lipinski definition) is 6. The molecule has 0 aliphatic carbocycles. The molecule has 1 aromatic heterocycles. The highest BCUT2D eigenvalue weighted by Gasteiger charge is 2.04. The van der Waals surface area contributed by atoms with Crippen LogP contribution in [0.15, 0.2) is 30.6 Å². The Morgan fingerprint density at radius 3 is 2.10 bits per heavy atom. The molecule has 20 heavy (non-hydrogen) atoms. The Morgan fingerprint density at radius 2 is 1.60 bits per heavy atom. The number of nitrogens with one attached hydrogen (secondary N) is 1. The molecule has 0 saturated heterocycles. The van der Waals surface area contributed by atoms with E-state index in [4.69, 9.17) is 14.2 Å². The fraction of sp³-hybridized carbons (Fsp3) is 0.286. The molecular formula is C14H17N3O3. The SMILES string of the molecule is CNc1cnc(COc2cc(OC)cc(OC)c2)cn1. The molecule has 0 amide bonds. The highest BCUT2D eigenvalue weighted by molar-refractivity contribution is 5.42. The molecule has 1 N–H and O–H groups in total. The molecule has 6 heteroatoms. The van der Waals surface area contributed by atoms with Crippen molar-refractivity contribution < 1.29 is 14.2 Å². The summed E-state index contributed by atoms with van der Waals surface area (Å²) in [5.41, 5.74) is 0.741. The highest BCUT2D eigenvalue weighted by atomic mass is 16.5. The van der Waals surface area contributed by atoms with Crippen LogP contribution in [-0.4, -0.2) is 31.2 Å². The Labute approximate surface area is 117 Å². The van der Waals surface area contributed by atoms with Crippen molar-refractivity contribution in [3.63, 3.8) is 0 Å². The van der Waals surface area contributed by atoms with Crippen molar-refractivity contribution in [3.8, 4) is 17.2 Å². The Morgan fingerprint density at radius 1 is 0.950 bits per heavy atom. The van der Waals surface area contributed by atoms with Gasteiger partial charge in [-0.1, -0.05) is 0 Å². The maximum atomic E-state index is 5.67. The van der Waals surface area contributed by atoms with E-state index < -0.39 is 0 Å². The van der Waals surface area contributed by atoms with Crippen LogP contribution in [0, 0.1) is 0 Å². The van der Waals surface area contributed by atoms with Gasteiger partial charge < -0.3 is 19.5 Å². The first-order valence-electron chi connectivity index (χ1n) is 6.09. The Hall–Kier alpha value is -2.50. The average Bonchev–Trinajstić information content (AvgIpc) is 2.53. The smallest absolute Gasteiger partial charge is 0.144 e. The Balaban J connectivity index is 2.05. The van der Waals surface area contributed by atoms with Crippen LogP contribution in [0.25, 0.3) is 0 Å². The molecule has 2 aromatic rings. The van der Waals surface area contributed by atoms with Crippen LogP contribution in [0.3, 0.4) is 0 Å². The van der Waals surface area contributed by atoms with Gasteiger partial charge in [0.25, 0.3) is 0 Å². The number of benzene rings is 1. The van der Waals surface area contributed by atoms with E-state index in [-0.39, 0.29) is 0 Å². The summed E-state index contributed by atoms with van der Waals surface area (Å²) in [6.45, 7) is 0.327. The molecule has 0 atom stereocenters. The normalized spacial score (nSPS) is 9.95. The van der Waals surface area contributed by atoms with Crippen LogP contribution in [-0.2, 0) is 6.61 Å². The minimum absolute atomic E-state index is 0.327. The van der Waals surface area contributed by atoms with Gasteiger partial charge >= 0.3 is 0 Å². The minimum Gasteiger partial charge on any atom is -0.496 e. The molecule has 0 saturated carbocycles. The van der Waals surface area contributed by atoms with E-state index in [1.165, 1.54) is 0 Å². The number of ether oxygens (including phenoxy) is 3. The number of hydrogen-bond donors (Lipinski definition) is 1. The maximum absolute atomic E-state index is 5.67. The maximum Gasteiger partial charge on any atom is 0.144 e. The average molecular weight is 275 g/mol. The molecule has 0 spiro atoms. The summed E-state index contributed by atoms with van der Waals surface area (Å²) in [5, 5.41) is 2.91. The first kappa shape index (κ1) is 13.9. The van der Waals surface area contributed by atoms with E-state index >= 15 is 0 Å². The van der Waals surface area contributed by atoms with Crippen molar-refractivity contribution in [1.29, 1.82) is 0 Å². The van der Waals surface area contributed by atoms with E-state index in [1.54, 1.807) is 51.9 Å². The highest BCUT2D eigenvalue weighted by Crippen LogP contribution is 2.27. The third-order valence-electron chi connectivity index (χ3n) is 2.67. The van der Waals surface area contributed by atoms with Gasteiger partial charge in [0.05, 0.1) is 32.3 Å². The minimum atomic E-state index is 0.327. The molecule has 0 aliphatic rings. The van der Waals surface area contributed by atoms with Crippen LogP contribution < -0.4 is 19.5 Å². The zero-order valence-corrected chi connectivity index (χ0v) is 11.7. The number of aromatic nitrogens is 2. The molecule has 0 radical (unpaired) electrons. The van der Waals surface area contributed by atoms with Crippen LogP contribution in [0.5, 0.6) is 17.2 Å². The Bertz CT molecular complexity index is 536. The summed E-state index contributed by atoms with van der Waals surface area (Å²) < 4.78 is 16.0. The first-order valence-corrected chi connectivity index (χ1v) is 6.09. The van der Waals surface area contributed by atoms with E-state index in [9.17, 15) is 0 Å². The van der Waals surface area contributed by atoms with Gasteiger partial charge in [0.15, 0.2) is 0 Å².